The van der Waals surface area contributed by atoms with Crippen molar-refractivity contribution in [2.45, 2.75) is 25.9 Å². The Bertz CT molecular complexity index is 1030. The predicted molar refractivity (Wildman–Crippen MR) is 117 cm³/mol. The molecule has 3 heterocycles. The lowest BCUT2D eigenvalue weighted by molar-refractivity contribution is -0.139. The Morgan fingerprint density at radius 1 is 1.30 bits per heavy atom. The Kier molecular flexibility index (Phi) is 6.56. The molecule has 1 aliphatic heterocycles. The van der Waals surface area contributed by atoms with Crippen LogP contribution in [0.4, 0.5) is 10.9 Å². The molecule has 1 fully saturated rings. The van der Waals surface area contributed by atoms with Gasteiger partial charge in [-0.25, -0.2) is 4.98 Å². The fraction of sp³-hybridized carbons (Fsp3) is 0.333. The highest BCUT2D eigenvalue weighted by Crippen LogP contribution is 2.24. The Hall–Kier alpha value is -2.55. The van der Waals surface area contributed by atoms with Crippen LogP contribution in [0.2, 0.25) is 5.02 Å². The number of amides is 1. The van der Waals surface area contributed by atoms with Gasteiger partial charge in [-0.05, 0) is 43.2 Å². The maximum Gasteiger partial charge on any atom is 0.223 e. The van der Waals surface area contributed by atoms with E-state index in [1.807, 2.05) is 54.3 Å². The van der Waals surface area contributed by atoms with Crippen LogP contribution < -0.4 is 5.32 Å². The van der Waals surface area contributed by atoms with Crippen molar-refractivity contribution in [3.05, 3.63) is 63.8 Å². The summed E-state index contributed by atoms with van der Waals surface area (Å²) in [7, 11) is 0. The monoisotopic (exact) mass is 443 g/mol. The minimum atomic E-state index is -0.258. The maximum atomic E-state index is 12.7. The quantitative estimate of drug-likeness (QED) is 0.615. The highest BCUT2D eigenvalue weighted by atomic mass is 35.5. The van der Waals surface area contributed by atoms with Crippen LogP contribution >= 0.6 is 22.9 Å². The van der Waals surface area contributed by atoms with E-state index in [0.29, 0.717) is 48.5 Å². The number of hydrogen-bond acceptors (Lipinski definition) is 7. The van der Waals surface area contributed by atoms with E-state index in [9.17, 15) is 4.79 Å². The van der Waals surface area contributed by atoms with Gasteiger partial charge in [0.15, 0.2) is 0 Å². The van der Waals surface area contributed by atoms with E-state index < -0.39 is 0 Å². The number of rotatable bonds is 6. The molecule has 4 rings (SSSR count). The molecular formula is C21H22ClN5O2S. The summed E-state index contributed by atoms with van der Waals surface area (Å²) in [5.74, 6) is 0.790. The molecule has 1 atom stereocenters. The minimum absolute atomic E-state index is 0.113. The average molecular weight is 444 g/mol. The number of carbonyl (C=O) groups excluding carboxylic acids is 1. The van der Waals surface area contributed by atoms with Gasteiger partial charge in [0.05, 0.1) is 18.8 Å². The van der Waals surface area contributed by atoms with Crippen LogP contribution in [0, 0.1) is 6.92 Å². The summed E-state index contributed by atoms with van der Waals surface area (Å²) in [5, 5.41) is 13.5. The molecule has 30 heavy (non-hydrogen) atoms. The summed E-state index contributed by atoms with van der Waals surface area (Å²) in [5.41, 5.74) is 1.85. The SMILES string of the molecule is Cc1nnc(Nc2cccc([C@H]3CN(C(=O)CCc4cccc(Cl)c4)CCO3)n2)s1. The number of aryl methyl sites for hydroxylation is 2. The van der Waals surface area contributed by atoms with Gasteiger partial charge < -0.3 is 15.0 Å². The van der Waals surface area contributed by atoms with E-state index in [-0.39, 0.29) is 12.0 Å². The predicted octanol–water partition coefficient (Wildman–Crippen LogP) is 4.17. The number of aromatic nitrogens is 3. The Labute approximate surface area is 184 Å². The van der Waals surface area contributed by atoms with Crippen molar-refractivity contribution in [3.8, 4) is 0 Å². The average Bonchev–Trinajstić information content (AvgIpc) is 3.17. The van der Waals surface area contributed by atoms with Crippen molar-refractivity contribution in [3.63, 3.8) is 0 Å². The summed E-state index contributed by atoms with van der Waals surface area (Å²) in [6.07, 6.45) is 0.852. The van der Waals surface area contributed by atoms with Crippen LogP contribution in [-0.2, 0) is 16.0 Å². The van der Waals surface area contributed by atoms with Crippen molar-refractivity contribution in [1.82, 2.24) is 20.1 Å². The molecule has 1 amide bonds. The van der Waals surface area contributed by atoms with Gasteiger partial charge in [-0.15, -0.1) is 10.2 Å². The highest BCUT2D eigenvalue weighted by molar-refractivity contribution is 7.15. The number of morpholine rings is 1. The highest BCUT2D eigenvalue weighted by Gasteiger charge is 2.26. The molecular weight excluding hydrogens is 422 g/mol. The number of ether oxygens (including phenoxy) is 1. The lowest BCUT2D eigenvalue weighted by Gasteiger charge is -2.33. The van der Waals surface area contributed by atoms with E-state index in [4.69, 9.17) is 16.3 Å². The van der Waals surface area contributed by atoms with E-state index in [1.54, 1.807) is 0 Å². The van der Waals surface area contributed by atoms with Gasteiger partial charge >= 0.3 is 0 Å². The second kappa shape index (κ2) is 9.51. The number of halogens is 1. The van der Waals surface area contributed by atoms with E-state index in [1.165, 1.54) is 11.3 Å². The first-order valence-electron chi connectivity index (χ1n) is 9.75. The van der Waals surface area contributed by atoms with Crippen LogP contribution in [0.1, 0.15) is 28.8 Å². The molecule has 156 valence electrons. The lowest BCUT2D eigenvalue weighted by Crippen LogP contribution is -2.42. The summed E-state index contributed by atoms with van der Waals surface area (Å²) in [6.45, 7) is 3.47. The number of benzene rings is 1. The van der Waals surface area contributed by atoms with Crippen molar-refractivity contribution >= 4 is 39.8 Å². The van der Waals surface area contributed by atoms with Crippen molar-refractivity contribution in [2.24, 2.45) is 0 Å². The van der Waals surface area contributed by atoms with Gasteiger partial charge in [0, 0.05) is 18.0 Å². The van der Waals surface area contributed by atoms with Crippen molar-refractivity contribution in [2.75, 3.05) is 25.0 Å². The first-order chi connectivity index (χ1) is 14.6. The maximum absolute atomic E-state index is 12.7. The van der Waals surface area contributed by atoms with Crippen LogP contribution in [0.25, 0.3) is 0 Å². The second-order valence-electron chi connectivity index (χ2n) is 7.03. The van der Waals surface area contributed by atoms with E-state index in [2.05, 4.69) is 20.5 Å². The van der Waals surface area contributed by atoms with E-state index in [0.717, 1.165) is 16.3 Å². The van der Waals surface area contributed by atoms with Gasteiger partial charge in [0.1, 0.15) is 16.9 Å². The molecule has 1 N–H and O–H groups in total. The Morgan fingerprint density at radius 3 is 2.97 bits per heavy atom. The zero-order valence-corrected chi connectivity index (χ0v) is 18.1. The molecule has 3 aromatic rings. The zero-order valence-electron chi connectivity index (χ0n) is 16.5. The summed E-state index contributed by atoms with van der Waals surface area (Å²) >= 11 is 7.50. The number of nitrogens with one attached hydrogen (secondary N) is 1. The third kappa shape index (κ3) is 5.33. The lowest BCUT2D eigenvalue weighted by atomic mass is 10.1. The van der Waals surface area contributed by atoms with Crippen molar-refractivity contribution in [1.29, 1.82) is 0 Å². The minimum Gasteiger partial charge on any atom is -0.368 e. The van der Waals surface area contributed by atoms with Gasteiger partial charge in [0.2, 0.25) is 11.0 Å². The molecule has 0 unspecified atom stereocenters. The molecule has 0 radical (unpaired) electrons. The Morgan fingerprint density at radius 2 is 2.17 bits per heavy atom. The van der Waals surface area contributed by atoms with Gasteiger partial charge in [-0.1, -0.05) is 41.1 Å². The van der Waals surface area contributed by atoms with Gasteiger partial charge in [-0.2, -0.15) is 0 Å². The normalized spacial score (nSPS) is 16.5. The summed E-state index contributed by atoms with van der Waals surface area (Å²) in [4.78, 5) is 19.2. The number of carbonyl (C=O) groups is 1. The Balaban J connectivity index is 1.37. The van der Waals surface area contributed by atoms with Crippen LogP contribution in [0.15, 0.2) is 42.5 Å². The summed E-state index contributed by atoms with van der Waals surface area (Å²) in [6, 6.07) is 13.3. The first-order valence-corrected chi connectivity index (χ1v) is 10.9. The van der Waals surface area contributed by atoms with Crippen LogP contribution in [0.5, 0.6) is 0 Å². The molecule has 7 nitrogen and oxygen atoms in total. The fourth-order valence-corrected chi connectivity index (χ4v) is 4.13. The largest absolute Gasteiger partial charge is 0.368 e. The molecule has 0 saturated carbocycles. The molecule has 9 heteroatoms. The summed E-state index contributed by atoms with van der Waals surface area (Å²) < 4.78 is 5.91. The molecule has 2 aromatic heterocycles. The van der Waals surface area contributed by atoms with Crippen LogP contribution in [-0.4, -0.2) is 45.7 Å². The topological polar surface area (TPSA) is 80.2 Å². The second-order valence-corrected chi connectivity index (χ2v) is 8.65. The fourth-order valence-electron chi connectivity index (χ4n) is 3.31. The van der Waals surface area contributed by atoms with Gasteiger partial charge in [-0.3, -0.25) is 4.79 Å². The number of nitrogens with zero attached hydrogens (tertiary/aromatic N) is 4. The molecule has 1 aromatic carbocycles. The molecule has 1 saturated heterocycles. The molecule has 0 aliphatic carbocycles. The molecule has 0 bridgehead atoms. The first kappa shape index (κ1) is 20.7. The third-order valence-electron chi connectivity index (χ3n) is 4.80. The van der Waals surface area contributed by atoms with Gasteiger partial charge in [0.25, 0.3) is 0 Å². The smallest absolute Gasteiger partial charge is 0.223 e. The standard InChI is InChI=1S/C21H22ClN5O2S/c1-14-25-26-21(30-14)24-19-7-3-6-17(23-19)18-13-27(10-11-29-18)20(28)9-8-15-4-2-5-16(22)12-15/h2-7,12,18H,8-11,13H2,1H3,(H,23,24,26)/t18-/m1/s1. The van der Waals surface area contributed by atoms with Crippen LogP contribution in [0.3, 0.4) is 0 Å². The number of pyridine rings is 1. The molecule has 0 spiro atoms. The third-order valence-corrected chi connectivity index (χ3v) is 5.79. The van der Waals surface area contributed by atoms with Crippen molar-refractivity contribution < 1.29 is 9.53 Å². The molecule has 1 aliphatic rings. The number of anilines is 2. The zero-order chi connectivity index (χ0) is 20.9. The number of hydrogen-bond donors (Lipinski definition) is 1. The van der Waals surface area contributed by atoms with E-state index >= 15 is 0 Å².